The van der Waals surface area contributed by atoms with Crippen LogP contribution >= 0.6 is 22.6 Å². The third kappa shape index (κ3) is 5.41. The van der Waals surface area contributed by atoms with Crippen LogP contribution in [0.3, 0.4) is 0 Å². The molecular weight excluding hydrogens is 441 g/mol. The summed E-state index contributed by atoms with van der Waals surface area (Å²) < 4.78 is 11.1. The lowest BCUT2D eigenvalue weighted by Crippen LogP contribution is -2.18. The number of ether oxygens (including phenoxy) is 2. The van der Waals surface area contributed by atoms with E-state index >= 15 is 0 Å². The van der Waals surface area contributed by atoms with Crippen LogP contribution in [-0.2, 0) is 4.79 Å². The Balaban J connectivity index is 2.10. The van der Waals surface area contributed by atoms with E-state index in [0.717, 1.165) is 0 Å². The summed E-state index contributed by atoms with van der Waals surface area (Å²) in [5.41, 5.74) is 3.27. The molecule has 0 unspecified atom stereocenters. The minimum absolute atomic E-state index is 0.254. The molecule has 0 spiro atoms. The van der Waals surface area contributed by atoms with Gasteiger partial charge in [0.15, 0.2) is 18.1 Å². The van der Waals surface area contributed by atoms with Crippen LogP contribution in [0.2, 0.25) is 0 Å². The van der Waals surface area contributed by atoms with Crippen LogP contribution in [0.5, 0.6) is 11.5 Å². The van der Waals surface area contributed by atoms with E-state index in [1.807, 2.05) is 22.6 Å². The maximum Gasteiger partial charge on any atom is 0.341 e. The van der Waals surface area contributed by atoms with E-state index in [2.05, 4.69) is 15.5 Å². The van der Waals surface area contributed by atoms with Crippen molar-refractivity contribution >= 4 is 40.7 Å². The van der Waals surface area contributed by atoms with Gasteiger partial charge in [0.05, 0.1) is 16.9 Å². The lowest BCUT2D eigenvalue weighted by atomic mass is 10.2. The molecule has 1 amide bonds. The Morgan fingerprint density at radius 1 is 1.40 bits per heavy atom. The van der Waals surface area contributed by atoms with Crippen LogP contribution in [0.4, 0.5) is 0 Å². The Bertz CT molecular complexity index is 796. The molecule has 0 saturated carbocycles. The first kappa shape index (κ1) is 18.6. The Morgan fingerprint density at radius 2 is 2.20 bits per heavy atom. The number of nitrogens with zero attached hydrogens (tertiary/aromatic N) is 2. The molecule has 0 saturated heterocycles. The number of hydrogen-bond acceptors (Lipinski definition) is 6. The number of carboxylic acid groups (broad SMARTS) is 1. The zero-order chi connectivity index (χ0) is 18.2. The number of amides is 1. The smallest absolute Gasteiger partial charge is 0.341 e. The first-order valence-corrected chi connectivity index (χ1v) is 8.05. The van der Waals surface area contributed by atoms with Gasteiger partial charge in [-0.1, -0.05) is 6.07 Å². The monoisotopic (exact) mass is 455 g/mol. The normalized spacial score (nSPS) is 10.5. The number of pyridine rings is 1. The first-order valence-electron chi connectivity index (χ1n) is 6.98. The van der Waals surface area contributed by atoms with Gasteiger partial charge in [-0.25, -0.2) is 10.2 Å². The summed E-state index contributed by atoms with van der Waals surface area (Å²) in [6, 6.07) is 8.33. The Morgan fingerprint density at radius 3 is 2.84 bits per heavy atom. The van der Waals surface area contributed by atoms with Crippen molar-refractivity contribution in [2.75, 3.05) is 13.7 Å². The van der Waals surface area contributed by atoms with Crippen molar-refractivity contribution in [2.24, 2.45) is 5.10 Å². The van der Waals surface area contributed by atoms with Crippen molar-refractivity contribution in [3.63, 3.8) is 0 Å². The predicted molar refractivity (Wildman–Crippen MR) is 98.1 cm³/mol. The van der Waals surface area contributed by atoms with E-state index in [-0.39, 0.29) is 5.69 Å². The van der Waals surface area contributed by atoms with Gasteiger partial charge in [0, 0.05) is 6.20 Å². The van der Waals surface area contributed by atoms with Gasteiger partial charge in [0.1, 0.15) is 5.69 Å². The summed E-state index contributed by atoms with van der Waals surface area (Å²) in [6.45, 7) is -0.472. The number of hydrogen-bond donors (Lipinski definition) is 2. The van der Waals surface area contributed by atoms with E-state index in [0.29, 0.717) is 20.6 Å². The molecule has 130 valence electrons. The molecule has 0 aliphatic heterocycles. The number of carboxylic acids is 1. The Kier molecular flexibility index (Phi) is 6.69. The molecule has 25 heavy (non-hydrogen) atoms. The summed E-state index contributed by atoms with van der Waals surface area (Å²) in [7, 11) is 1.45. The average Bonchev–Trinajstić information content (AvgIpc) is 2.60. The topological polar surface area (TPSA) is 110 Å². The van der Waals surface area contributed by atoms with Crippen molar-refractivity contribution in [2.45, 2.75) is 0 Å². The molecule has 0 aliphatic rings. The maximum absolute atomic E-state index is 11.8. The lowest BCUT2D eigenvalue weighted by Gasteiger charge is -2.12. The highest BCUT2D eigenvalue weighted by Gasteiger charge is 2.12. The van der Waals surface area contributed by atoms with Gasteiger partial charge in [0.2, 0.25) is 0 Å². The van der Waals surface area contributed by atoms with Crippen LogP contribution < -0.4 is 14.9 Å². The number of rotatable bonds is 7. The maximum atomic E-state index is 11.8. The van der Waals surface area contributed by atoms with Crippen LogP contribution in [0.15, 0.2) is 41.6 Å². The minimum atomic E-state index is -1.08. The molecule has 8 nitrogen and oxygen atoms in total. The zero-order valence-electron chi connectivity index (χ0n) is 13.1. The van der Waals surface area contributed by atoms with Gasteiger partial charge in [-0.2, -0.15) is 5.10 Å². The van der Waals surface area contributed by atoms with Crippen molar-refractivity contribution in [1.82, 2.24) is 10.4 Å². The number of hydrazone groups is 1. The Hall–Kier alpha value is -2.69. The second kappa shape index (κ2) is 8.97. The van der Waals surface area contributed by atoms with Gasteiger partial charge in [-0.05, 0) is 52.4 Å². The SMILES string of the molecule is COc1cc(/C=N\NC(=O)c2ccccn2)cc(I)c1OCC(=O)O. The highest BCUT2D eigenvalue weighted by Crippen LogP contribution is 2.33. The molecule has 9 heteroatoms. The first-order chi connectivity index (χ1) is 12.0. The van der Waals surface area contributed by atoms with E-state index in [1.165, 1.54) is 19.5 Å². The molecule has 0 bridgehead atoms. The number of carbonyl (C=O) groups excluding carboxylic acids is 1. The molecule has 0 fully saturated rings. The summed E-state index contributed by atoms with van der Waals surface area (Å²) in [6.07, 6.45) is 2.95. The van der Waals surface area contributed by atoms with E-state index in [1.54, 1.807) is 30.3 Å². The van der Waals surface area contributed by atoms with Gasteiger partial charge < -0.3 is 14.6 Å². The molecule has 0 atom stereocenters. The number of methoxy groups -OCH3 is 1. The molecule has 0 radical (unpaired) electrons. The molecular formula is C16H14IN3O5. The van der Waals surface area contributed by atoms with Crippen LogP contribution in [-0.4, -0.2) is 41.9 Å². The molecule has 2 rings (SSSR count). The number of benzene rings is 1. The molecule has 2 N–H and O–H groups in total. The summed E-state index contributed by atoms with van der Waals surface area (Å²) in [5.74, 6) is -0.813. The third-order valence-corrected chi connectivity index (χ3v) is 3.67. The second-order valence-electron chi connectivity index (χ2n) is 4.63. The number of nitrogens with one attached hydrogen (secondary N) is 1. The quantitative estimate of drug-likeness (QED) is 0.375. The van der Waals surface area contributed by atoms with E-state index in [9.17, 15) is 9.59 Å². The number of carbonyl (C=O) groups is 2. The molecule has 0 aliphatic carbocycles. The highest BCUT2D eigenvalue weighted by molar-refractivity contribution is 14.1. The number of aromatic nitrogens is 1. The fourth-order valence-electron chi connectivity index (χ4n) is 1.81. The van der Waals surface area contributed by atoms with Gasteiger partial charge >= 0.3 is 5.97 Å². The summed E-state index contributed by atoms with van der Waals surface area (Å²) in [5, 5.41) is 12.6. The standard InChI is InChI=1S/C16H14IN3O5/c1-24-13-7-10(6-11(17)15(13)25-9-14(21)22)8-19-20-16(23)12-4-2-3-5-18-12/h2-8H,9H2,1H3,(H,20,23)(H,21,22)/b19-8-. The molecule has 1 heterocycles. The summed E-state index contributed by atoms with van der Waals surface area (Å²) in [4.78, 5) is 26.4. The van der Waals surface area contributed by atoms with Gasteiger partial charge in [0.25, 0.3) is 5.91 Å². The Labute approximate surface area is 157 Å². The van der Waals surface area contributed by atoms with E-state index in [4.69, 9.17) is 14.6 Å². The summed E-state index contributed by atoms with van der Waals surface area (Å²) >= 11 is 2.00. The van der Waals surface area contributed by atoms with E-state index < -0.39 is 18.5 Å². The van der Waals surface area contributed by atoms with Crippen LogP contribution in [0, 0.1) is 3.57 Å². The second-order valence-corrected chi connectivity index (χ2v) is 5.79. The van der Waals surface area contributed by atoms with Gasteiger partial charge in [-0.3, -0.25) is 9.78 Å². The molecule has 2 aromatic rings. The van der Waals surface area contributed by atoms with Gasteiger partial charge in [-0.15, -0.1) is 0 Å². The van der Waals surface area contributed by atoms with Crippen molar-refractivity contribution in [3.8, 4) is 11.5 Å². The predicted octanol–water partition coefficient (Wildman–Crippen LogP) is 1.92. The van der Waals surface area contributed by atoms with Crippen molar-refractivity contribution in [1.29, 1.82) is 0 Å². The zero-order valence-corrected chi connectivity index (χ0v) is 15.3. The number of aliphatic carboxylic acids is 1. The highest BCUT2D eigenvalue weighted by atomic mass is 127. The lowest BCUT2D eigenvalue weighted by molar-refractivity contribution is -0.139. The molecule has 1 aromatic carbocycles. The average molecular weight is 455 g/mol. The third-order valence-electron chi connectivity index (χ3n) is 2.87. The van der Waals surface area contributed by atoms with Crippen molar-refractivity contribution in [3.05, 3.63) is 51.4 Å². The number of halogens is 1. The fourth-order valence-corrected chi connectivity index (χ4v) is 2.59. The van der Waals surface area contributed by atoms with Crippen molar-refractivity contribution < 1.29 is 24.2 Å². The van der Waals surface area contributed by atoms with Crippen LogP contribution in [0.25, 0.3) is 0 Å². The fraction of sp³-hybridized carbons (Fsp3) is 0.125. The largest absolute Gasteiger partial charge is 0.493 e. The minimum Gasteiger partial charge on any atom is -0.493 e. The van der Waals surface area contributed by atoms with Crippen LogP contribution in [0.1, 0.15) is 16.1 Å². The molecule has 1 aromatic heterocycles.